The van der Waals surface area contributed by atoms with Crippen molar-refractivity contribution >= 4 is 11.6 Å². The molecule has 0 saturated heterocycles. The second-order valence-corrected chi connectivity index (χ2v) is 4.99. The molecule has 0 radical (unpaired) electrons. The van der Waals surface area contributed by atoms with Crippen LogP contribution in [0, 0.1) is 0 Å². The number of hydrogen-bond acceptors (Lipinski definition) is 3. The molecule has 0 bridgehead atoms. The Morgan fingerprint density at radius 1 is 1.05 bits per heavy atom. The van der Waals surface area contributed by atoms with E-state index in [0.717, 1.165) is 22.6 Å². The van der Waals surface area contributed by atoms with E-state index in [4.69, 9.17) is 16.3 Å². The second kappa shape index (κ2) is 6.08. The maximum atomic E-state index is 5.94. The summed E-state index contributed by atoms with van der Waals surface area (Å²) in [5.74, 6) is 0.848. The number of benzene rings is 1. The number of imidazole rings is 1. The molecule has 0 aliphatic heterocycles. The summed E-state index contributed by atoms with van der Waals surface area (Å²) < 4.78 is 7.34. The highest BCUT2D eigenvalue weighted by Crippen LogP contribution is 2.27. The van der Waals surface area contributed by atoms with Crippen molar-refractivity contribution in [3.05, 3.63) is 60.0 Å². The number of halogens is 1. The molecule has 0 spiro atoms. The van der Waals surface area contributed by atoms with E-state index in [1.165, 1.54) is 0 Å². The van der Waals surface area contributed by atoms with E-state index in [-0.39, 0.29) is 0 Å². The van der Waals surface area contributed by atoms with Crippen LogP contribution in [0.4, 0.5) is 0 Å². The SMILES string of the molecule is COCn1c(-c2ccncc2)cnc1-c1ccc(Cl)cc1. The van der Waals surface area contributed by atoms with Gasteiger partial charge in [0.05, 0.1) is 11.9 Å². The third-order valence-electron chi connectivity index (χ3n) is 3.19. The summed E-state index contributed by atoms with van der Waals surface area (Å²) >= 11 is 5.94. The van der Waals surface area contributed by atoms with Crippen LogP contribution in [0.25, 0.3) is 22.6 Å². The lowest BCUT2D eigenvalue weighted by Crippen LogP contribution is -2.04. The van der Waals surface area contributed by atoms with Crippen molar-refractivity contribution in [2.24, 2.45) is 0 Å². The molecule has 0 atom stereocenters. The Labute approximate surface area is 128 Å². The van der Waals surface area contributed by atoms with Gasteiger partial charge in [-0.15, -0.1) is 0 Å². The zero-order chi connectivity index (χ0) is 14.7. The van der Waals surface area contributed by atoms with Crippen molar-refractivity contribution in [3.63, 3.8) is 0 Å². The molecular weight excluding hydrogens is 286 g/mol. The highest BCUT2D eigenvalue weighted by molar-refractivity contribution is 6.30. The third-order valence-corrected chi connectivity index (χ3v) is 3.44. The molecule has 0 N–H and O–H groups in total. The van der Waals surface area contributed by atoms with Crippen LogP contribution in [-0.4, -0.2) is 21.6 Å². The number of hydrogen-bond donors (Lipinski definition) is 0. The molecule has 4 nitrogen and oxygen atoms in total. The highest BCUT2D eigenvalue weighted by atomic mass is 35.5. The van der Waals surface area contributed by atoms with Crippen LogP contribution in [0.2, 0.25) is 5.02 Å². The molecule has 0 aliphatic carbocycles. The molecule has 2 heterocycles. The number of nitrogens with zero attached hydrogens (tertiary/aromatic N) is 3. The Morgan fingerprint density at radius 2 is 1.76 bits per heavy atom. The van der Waals surface area contributed by atoms with Crippen LogP contribution in [0.15, 0.2) is 55.0 Å². The predicted octanol–water partition coefficient (Wildman–Crippen LogP) is 3.87. The standard InChI is InChI=1S/C16H14ClN3O/c1-21-11-20-15(12-6-8-18-9-7-12)10-19-16(20)13-2-4-14(17)5-3-13/h2-10H,11H2,1H3. The van der Waals surface area contributed by atoms with E-state index < -0.39 is 0 Å². The van der Waals surface area contributed by atoms with Crippen molar-refractivity contribution in [3.8, 4) is 22.6 Å². The fraction of sp³-hybridized carbons (Fsp3) is 0.125. The Morgan fingerprint density at radius 3 is 2.43 bits per heavy atom. The van der Waals surface area contributed by atoms with Gasteiger partial charge in [0.1, 0.15) is 12.6 Å². The molecule has 5 heteroatoms. The van der Waals surface area contributed by atoms with E-state index in [1.54, 1.807) is 19.5 Å². The molecule has 0 aliphatic rings. The van der Waals surface area contributed by atoms with Crippen molar-refractivity contribution in [2.45, 2.75) is 6.73 Å². The molecule has 2 aromatic heterocycles. The van der Waals surface area contributed by atoms with E-state index >= 15 is 0 Å². The predicted molar refractivity (Wildman–Crippen MR) is 82.9 cm³/mol. The first-order chi connectivity index (χ1) is 10.3. The van der Waals surface area contributed by atoms with Gasteiger partial charge in [-0.1, -0.05) is 11.6 Å². The summed E-state index contributed by atoms with van der Waals surface area (Å²) in [6.45, 7) is 0.426. The summed E-state index contributed by atoms with van der Waals surface area (Å²) in [5, 5.41) is 0.706. The second-order valence-electron chi connectivity index (χ2n) is 4.56. The Bertz CT molecular complexity index is 723. The van der Waals surface area contributed by atoms with Crippen molar-refractivity contribution in [2.75, 3.05) is 7.11 Å². The van der Waals surface area contributed by atoms with Gasteiger partial charge in [-0.05, 0) is 36.4 Å². The maximum Gasteiger partial charge on any atom is 0.142 e. The minimum absolute atomic E-state index is 0.426. The number of rotatable bonds is 4. The van der Waals surface area contributed by atoms with E-state index in [9.17, 15) is 0 Å². The normalized spacial score (nSPS) is 10.8. The fourth-order valence-electron chi connectivity index (χ4n) is 2.22. The lowest BCUT2D eigenvalue weighted by molar-refractivity contribution is 0.133. The molecule has 0 unspecified atom stereocenters. The van der Waals surface area contributed by atoms with Crippen LogP contribution in [0.5, 0.6) is 0 Å². The topological polar surface area (TPSA) is 39.9 Å². The van der Waals surface area contributed by atoms with Gasteiger partial charge in [-0.2, -0.15) is 0 Å². The summed E-state index contributed by atoms with van der Waals surface area (Å²) in [6.07, 6.45) is 5.38. The summed E-state index contributed by atoms with van der Waals surface area (Å²) in [6, 6.07) is 11.5. The van der Waals surface area contributed by atoms with Gasteiger partial charge >= 0.3 is 0 Å². The van der Waals surface area contributed by atoms with E-state index in [1.807, 2.05) is 47.2 Å². The highest BCUT2D eigenvalue weighted by Gasteiger charge is 2.13. The van der Waals surface area contributed by atoms with Gasteiger partial charge in [0.2, 0.25) is 0 Å². The van der Waals surface area contributed by atoms with Gasteiger partial charge in [-0.3, -0.25) is 9.55 Å². The Balaban J connectivity index is 2.10. The zero-order valence-electron chi connectivity index (χ0n) is 11.5. The first-order valence-electron chi connectivity index (χ1n) is 6.50. The summed E-state index contributed by atoms with van der Waals surface area (Å²) in [7, 11) is 1.67. The lowest BCUT2D eigenvalue weighted by Gasteiger charge is -2.11. The van der Waals surface area contributed by atoms with Gasteiger partial charge < -0.3 is 4.74 Å². The van der Waals surface area contributed by atoms with Crippen LogP contribution in [0.1, 0.15) is 0 Å². The van der Waals surface area contributed by atoms with Crippen LogP contribution < -0.4 is 0 Å². The molecule has 0 amide bonds. The van der Waals surface area contributed by atoms with Gasteiger partial charge in [0, 0.05) is 35.7 Å². The molecule has 21 heavy (non-hydrogen) atoms. The first kappa shape index (κ1) is 13.8. The molecule has 3 aromatic rings. The molecule has 0 fully saturated rings. The molecule has 0 saturated carbocycles. The van der Waals surface area contributed by atoms with Crippen LogP contribution >= 0.6 is 11.6 Å². The number of pyridine rings is 1. The molecule has 106 valence electrons. The Hall–Kier alpha value is -2.17. The maximum absolute atomic E-state index is 5.94. The van der Waals surface area contributed by atoms with Crippen molar-refractivity contribution < 1.29 is 4.74 Å². The zero-order valence-corrected chi connectivity index (χ0v) is 12.3. The van der Waals surface area contributed by atoms with E-state index in [2.05, 4.69) is 9.97 Å². The molecule has 3 rings (SSSR count). The van der Waals surface area contributed by atoms with Crippen LogP contribution in [0.3, 0.4) is 0 Å². The van der Waals surface area contributed by atoms with Gasteiger partial charge in [0.25, 0.3) is 0 Å². The lowest BCUT2D eigenvalue weighted by atomic mass is 10.2. The Kier molecular flexibility index (Phi) is 3.99. The van der Waals surface area contributed by atoms with Gasteiger partial charge in [-0.25, -0.2) is 4.98 Å². The summed E-state index contributed by atoms with van der Waals surface area (Å²) in [4.78, 5) is 8.58. The van der Waals surface area contributed by atoms with Crippen LogP contribution in [-0.2, 0) is 11.5 Å². The minimum Gasteiger partial charge on any atom is -0.364 e. The average molecular weight is 300 g/mol. The molecule has 1 aromatic carbocycles. The van der Waals surface area contributed by atoms with Crippen molar-refractivity contribution in [1.29, 1.82) is 0 Å². The number of ether oxygens (including phenoxy) is 1. The quantitative estimate of drug-likeness (QED) is 0.734. The number of aromatic nitrogens is 3. The third kappa shape index (κ3) is 2.82. The van der Waals surface area contributed by atoms with Crippen molar-refractivity contribution in [1.82, 2.24) is 14.5 Å². The average Bonchev–Trinajstić information content (AvgIpc) is 2.93. The fourth-order valence-corrected chi connectivity index (χ4v) is 2.34. The smallest absolute Gasteiger partial charge is 0.142 e. The summed E-state index contributed by atoms with van der Waals surface area (Å²) in [5.41, 5.74) is 3.04. The first-order valence-corrected chi connectivity index (χ1v) is 6.88. The van der Waals surface area contributed by atoms with E-state index in [0.29, 0.717) is 11.8 Å². The largest absolute Gasteiger partial charge is 0.364 e. The number of methoxy groups -OCH3 is 1. The van der Waals surface area contributed by atoms with Gasteiger partial charge in [0.15, 0.2) is 0 Å². The minimum atomic E-state index is 0.426. The monoisotopic (exact) mass is 299 g/mol. The molecular formula is C16H14ClN3O.